The van der Waals surface area contributed by atoms with Crippen LogP contribution in [0.2, 0.25) is 0 Å². The van der Waals surface area contributed by atoms with Gasteiger partial charge in [0.05, 0.1) is 12.0 Å². The van der Waals surface area contributed by atoms with Gasteiger partial charge < -0.3 is 10.1 Å². The molecule has 1 N–H and O–H groups in total. The number of nitro groups is 1. The molecule has 6 rings (SSSR count). The Morgan fingerprint density at radius 1 is 1.07 bits per heavy atom. The van der Waals surface area contributed by atoms with Crippen LogP contribution >= 0.6 is 0 Å². The van der Waals surface area contributed by atoms with Crippen molar-refractivity contribution in [3.63, 3.8) is 0 Å². The summed E-state index contributed by atoms with van der Waals surface area (Å²) in [4.78, 5) is 13.5. The van der Waals surface area contributed by atoms with Gasteiger partial charge in [0, 0.05) is 43.0 Å². The number of nitrogens with zero attached hydrogens (tertiary/aromatic N) is 2. The molecule has 1 aromatic rings. The van der Waals surface area contributed by atoms with Gasteiger partial charge in [0.1, 0.15) is 0 Å². The molecule has 6 nitrogen and oxygen atoms in total. The second-order valence-electron chi connectivity index (χ2n) is 9.52. The maximum absolute atomic E-state index is 11.1. The third-order valence-corrected chi connectivity index (χ3v) is 7.88. The Morgan fingerprint density at radius 2 is 1.71 bits per heavy atom. The molecular formula is C22H31N3O3. The van der Waals surface area contributed by atoms with Crippen LogP contribution < -0.4 is 10.1 Å². The van der Waals surface area contributed by atoms with Crippen molar-refractivity contribution < 1.29 is 9.66 Å². The zero-order valence-corrected chi connectivity index (χ0v) is 16.7. The smallest absolute Gasteiger partial charge is 0.311 e. The van der Waals surface area contributed by atoms with Gasteiger partial charge in [0.2, 0.25) is 0 Å². The van der Waals surface area contributed by atoms with Gasteiger partial charge in [-0.05, 0) is 74.7 Å². The molecule has 5 fully saturated rings. The van der Waals surface area contributed by atoms with E-state index in [0.717, 1.165) is 48.2 Å². The third kappa shape index (κ3) is 3.25. The molecule has 28 heavy (non-hydrogen) atoms. The van der Waals surface area contributed by atoms with Crippen LogP contribution in [-0.4, -0.2) is 42.1 Å². The maximum atomic E-state index is 11.1. The van der Waals surface area contributed by atoms with Crippen molar-refractivity contribution in [3.8, 4) is 5.75 Å². The highest BCUT2D eigenvalue weighted by molar-refractivity contribution is 5.58. The summed E-state index contributed by atoms with van der Waals surface area (Å²) in [5.74, 6) is 4.31. The Bertz CT molecular complexity index is 717. The fourth-order valence-corrected chi connectivity index (χ4v) is 6.99. The molecule has 1 heterocycles. The molecule has 1 saturated heterocycles. The highest BCUT2D eigenvalue weighted by Gasteiger charge is 2.50. The maximum Gasteiger partial charge on any atom is 0.311 e. The Labute approximate surface area is 166 Å². The van der Waals surface area contributed by atoms with E-state index in [-0.39, 0.29) is 5.69 Å². The lowest BCUT2D eigenvalue weighted by molar-refractivity contribution is -0.385. The largest absolute Gasteiger partial charge is 0.490 e. The molecule has 0 unspecified atom stereocenters. The summed E-state index contributed by atoms with van der Waals surface area (Å²) < 4.78 is 5.20. The fraction of sp³-hybridized carbons (Fsp3) is 0.727. The van der Waals surface area contributed by atoms with Gasteiger partial charge in [-0.2, -0.15) is 0 Å². The number of benzene rings is 1. The first kappa shape index (κ1) is 18.2. The van der Waals surface area contributed by atoms with Crippen LogP contribution in [0.1, 0.15) is 44.9 Å². The van der Waals surface area contributed by atoms with E-state index in [1.807, 2.05) is 0 Å². The average molecular weight is 386 g/mol. The first-order chi connectivity index (χ1) is 13.6. The Morgan fingerprint density at radius 3 is 2.29 bits per heavy atom. The number of nitrogens with one attached hydrogen (secondary N) is 1. The number of piperidine rings is 1. The van der Waals surface area contributed by atoms with Crippen LogP contribution in [0.5, 0.6) is 5.75 Å². The van der Waals surface area contributed by atoms with Crippen LogP contribution in [0.4, 0.5) is 11.4 Å². The van der Waals surface area contributed by atoms with E-state index in [9.17, 15) is 10.1 Å². The molecule has 4 bridgehead atoms. The topological polar surface area (TPSA) is 67.6 Å². The van der Waals surface area contributed by atoms with Crippen molar-refractivity contribution in [2.24, 2.45) is 23.7 Å². The molecular weight excluding hydrogens is 354 g/mol. The van der Waals surface area contributed by atoms with Crippen LogP contribution in [0.3, 0.4) is 0 Å². The van der Waals surface area contributed by atoms with E-state index in [2.05, 4.69) is 10.2 Å². The number of anilines is 1. The molecule has 5 aliphatic rings. The van der Waals surface area contributed by atoms with Crippen LogP contribution in [0.25, 0.3) is 0 Å². The fourth-order valence-electron chi connectivity index (χ4n) is 6.99. The van der Waals surface area contributed by atoms with E-state index < -0.39 is 4.92 Å². The molecule has 4 saturated carbocycles. The van der Waals surface area contributed by atoms with Crippen molar-refractivity contribution in [2.75, 3.05) is 25.5 Å². The predicted octanol–water partition coefficient (Wildman–Crippen LogP) is 4.30. The zero-order valence-electron chi connectivity index (χ0n) is 16.7. The molecule has 1 aliphatic heterocycles. The summed E-state index contributed by atoms with van der Waals surface area (Å²) in [6.07, 6.45) is 9.74. The Balaban J connectivity index is 1.19. The van der Waals surface area contributed by atoms with Gasteiger partial charge in [-0.3, -0.25) is 15.0 Å². The van der Waals surface area contributed by atoms with E-state index >= 15 is 0 Å². The summed E-state index contributed by atoms with van der Waals surface area (Å²) in [6, 6.07) is 6.35. The third-order valence-electron chi connectivity index (χ3n) is 7.88. The van der Waals surface area contributed by atoms with Crippen molar-refractivity contribution in [1.82, 2.24) is 4.90 Å². The number of hydrogen-bond donors (Lipinski definition) is 1. The summed E-state index contributed by atoms with van der Waals surface area (Å²) >= 11 is 0. The molecule has 1 aromatic carbocycles. The van der Waals surface area contributed by atoms with Crippen molar-refractivity contribution in [3.05, 3.63) is 28.3 Å². The monoisotopic (exact) mass is 385 g/mol. The van der Waals surface area contributed by atoms with Gasteiger partial charge in [0.25, 0.3) is 0 Å². The van der Waals surface area contributed by atoms with Crippen molar-refractivity contribution >= 4 is 11.4 Å². The van der Waals surface area contributed by atoms with Gasteiger partial charge in [0.15, 0.2) is 5.75 Å². The number of hydrogen-bond acceptors (Lipinski definition) is 5. The second-order valence-corrected chi connectivity index (χ2v) is 9.52. The highest BCUT2D eigenvalue weighted by atomic mass is 16.6. The quantitative estimate of drug-likeness (QED) is 0.604. The Hall–Kier alpha value is -1.82. The van der Waals surface area contributed by atoms with Crippen LogP contribution in [0.15, 0.2) is 18.2 Å². The number of likely N-dealkylation sites (tertiary alicyclic amines) is 1. The number of methoxy groups -OCH3 is 1. The summed E-state index contributed by atoms with van der Waals surface area (Å²) in [7, 11) is 1.48. The number of nitro benzene ring substituents is 1. The molecule has 0 atom stereocenters. The molecule has 0 aromatic heterocycles. The highest BCUT2D eigenvalue weighted by Crippen LogP contribution is 2.55. The summed E-state index contributed by atoms with van der Waals surface area (Å²) in [6.45, 7) is 2.35. The van der Waals surface area contributed by atoms with E-state index in [4.69, 9.17) is 4.74 Å². The molecule has 6 heteroatoms. The lowest BCUT2D eigenvalue weighted by Crippen LogP contribution is -2.58. The van der Waals surface area contributed by atoms with Gasteiger partial charge in [-0.25, -0.2) is 0 Å². The average Bonchev–Trinajstić information content (AvgIpc) is 2.68. The van der Waals surface area contributed by atoms with E-state index in [1.165, 1.54) is 58.4 Å². The van der Waals surface area contributed by atoms with E-state index in [1.54, 1.807) is 12.1 Å². The lowest BCUT2D eigenvalue weighted by Gasteiger charge is -2.58. The molecule has 0 amide bonds. The predicted molar refractivity (Wildman–Crippen MR) is 109 cm³/mol. The van der Waals surface area contributed by atoms with Gasteiger partial charge in [-0.15, -0.1) is 0 Å². The van der Waals surface area contributed by atoms with Crippen molar-refractivity contribution in [1.29, 1.82) is 0 Å². The first-order valence-electron chi connectivity index (χ1n) is 10.9. The molecule has 4 aliphatic carbocycles. The summed E-state index contributed by atoms with van der Waals surface area (Å²) in [5, 5.41) is 14.7. The van der Waals surface area contributed by atoms with Gasteiger partial charge in [-0.1, -0.05) is 0 Å². The normalized spacial score (nSPS) is 35.1. The standard InChI is InChI=1S/C22H31N3O3/c1-28-21-13-19(2-3-20(21)25(26)27)23-18-4-6-24(7-5-18)22-16-9-14-8-15(11-16)12-17(22)10-14/h2-3,13-18,22-23H,4-12H2,1H3. The van der Waals surface area contributed by atoms with Crippen LogP contribution in [-0.2, 0) is 0 Å². The first-order valence-corrected chi connectivity index (χ1v) is 10.9. The SMILES string of the molecule is COc1cc(NC2CCN(C3C4CC5CC(C4)CC3C5)CC2)ccc1[N+](=O)[O-]. The van der Waals surface area contributed by atoms with Crippen LogP contribution in [0, 0.1) is 33.8 Å². The second kappa shape index (κ2) is 7.21. The molecule has 152 valence electrons. The summed E-state index contributed by atoms with van der Waals surface area (Å²) in [5.41, 5.74) is 0.931. The number of ether oxygens (including phenoxy) is 1. The van der Waals surface area contributed by atoms with Crippen molar-refractivity contribution in [2.45, 2.75) is 57.0 Å². The minimum absolute atomic E-state index is 0.0183. The molecule has 0 spiro atoms. The number of rotatable bonds is 5. The lowest BCUT2D eigenvalue weighted by atomic mass is 9.53. The van der Waals surface area contributed by atoms with E-state index in [0.29, 0.717) is 11.8 Å². The Kier molecular flexibility index (Phi) is 4.69. The zero-order chi connectivity index (χ0) is 19.3. The van der Waals surface area contributed by atoms with Gasteiger partial charge >= 0.3 is 5.69 Å². The minimum Gasteiger partial charge on any atom is -0.490 e. The molecule has 0 radical (unpaired) electrons. The minimum atomic E-state index is -0.397.